The Bertz CT molecular complexity index is 896. The Morgan fingerprint density at radius 1 is 1.19 bits per heavy atom. The molecule has 1 amide bonds. The quantitative estimate of drug-likeness (QED) is 0.664. The highest BCUT2D eigenvalue weighted by molar-refractivity contribution is 7.20. The van der Waals surface area contributed by atoms with E-state index in [-0.39, 0.29) is 11.8 Å². The fraction of sp³-hybridized carbons (Fsp3) is 0.500. The molecule has 0 spiro atoms. The van der Waals surface area contributed by atoms with Crippen molar-refractivity contribution < 1.29 is 4.79 Å². The first-order valence-electron chi connectivity index (χ1n) is 9.83. The van der Waals surface area contributed by atoms with Gasteiger partial charge < -0.3 is 5.32 Å². The maximum absolute atomic E-state index is 12.7. The zero-order valence-corrected chi connectivity index (χ0v) is 16.4. The van der Waals surface area contributed by atoms with Crippen LogP contribution in [0.2, 0.25) is 0 Å². The molecular formula is C20H25N5OS. The molecule has 1 saturated carbocycles. The first kappa shape index (κ1) is 18.1. The summed E-state index contributed by atoms with van der Waals surface area (Å²) in [5.41, 5.74) is 0.957. The topological polar surface area (TPSA) is 72.2 Å². The smallest absolute Gasteiger partial charge is 0.236 e. The van der Waals surface area contributed by atoms with Crippen molar-refractivity contribution in [1.29, 1.82) is 0 Å². The molecule has 0 atom stereocenters. The molecule has 0 saturated heterocycles. The molecular weight excluding hydrogens is 358 g/mol. The van der Waals surface area contributed by atoms with E-state index in [9.17, 15) is 4.79 Å². The Labute approximate surface area is 163 Å². The van der Waals surface area contributed by atoms with E-state index in [1.165, 1.54) is 43.4 Å². The van der Waals surface area contributed by atoms with Crippen molar-refractivity contribution in [3.05, 3.63) is 30.3 Å². The number of hydrogen-bond donors (Lipinski definition) is 1. The molecule has 1 N–H and O–H groups in total. The first-order chi connectivity index (χ1) is 13.2. The van der Waals surface area contributed by atoms with Crippen LogP contribution in [-0.4, -0.2) is 25.7 Å². The van der Waals surface area contributed by atoms with Crippen LogP contribution in [0, 0.1) is 11.8 Å². The Hall–Kier alpha value is -2.28. The third-order valence-corrected chi connectivity index (χ3v) is 6.25. The molecule has 142 valence electrons. The number of nitrogens with zero attached hydrogens (tertiary/aromatic N) is 4. The van der Waals surface area contributed by atoms with Gasteiger partial charge in [0.05, 0.1) is 0 Å². The molecule has 0 unspecified atom stereocenters. The third kappa shape index (κ3) is 4.03. The zero-order valence-electron chi connectivity index (χ0n) is 15.6. The lowest BCUT2D eigenvalue weighted by atomic mass is 9.79. The van der Waals surface area contributed by atoms with Crippen molar-refractivity contribution in [2.75, 3.05) is 5.32 Å². The molecule has 1 aliphatic carbocycles. The molecule has 2 aromatic heterocycles. The molecule has 1 aromatic carbocycles. The number of aromatic nitrogens is 4. The number of unbranched alkanes of at least 4 members (excludes halogenated alkanes) is 1. The van der Waals surface area contributed by atoms with Crippen LogP contribution in [-0.2, 0) is 4.79 Å². The molecule has 2 heterocycles. The average Bonchev–Trinajstić information content (AvgIpc) is 3.27. The Kier molecular flexibility index (Phi) is 5.48. The monoisotopic (exact) mass is 383 g/mol. The number of carbonyl (C=O) groups excluding carboxylic acids is 1. The number of amides is 1. The van der Waals surface area contributed by atoms with Gasteiger partial charge in [0.15, 0.2) is 5.82 Å². The summed E-state index contributed by atoms with van der Waals surface area (Å²) >= 11 is 1.36. The second-order valence-corrected chi connectivity index (χ2v) is 8.30. The van der Waals surface area contributed by atoms with E-state index in [1.807, 2.05) is 30.3 Å². The van der Waals surface area contributed by atoms with Gasteiger partial charge in [-0.2, -0.15) is 4.52 Å². The van der Waals surface area contributed by atoms with Gasteiger partial charge in [-0.15, -0.1) is 15.3 Å². The van der Waals surface area contributed by atoms with Crippen LogP contribution in [0.1, 0.15) is 51.9 Å². The zero-order chi connectivity index (χ0) is 18.6. The Morgan fingerprint density at radius 2 is 1.96 bits per heavy atom. The van der Waals surface area contributed by atoms with Crippen molar-refractivity contribution in [3.8, 4) is 11.4 Å². The number of benzene rings is 1. The number of nitrogens with one attached hydrogen (secondary N) is 1. The number of carbonyl (C=O) groups is 1. The van der Waals surface area contributed by atoms with Gasteiger partial charge in [0, 0.05) is 11.5 Å². The summed E-state index contributed by atoms with van der Waals surface area (Å²) in [7, 11) is 0. The molecule has 1 aliphatic rings. The van der Waals surface area contributed by atoms with Gasteiger partial charge in [0.25, 0.3) is 0 Å². The van der Waals surface area contributed by atoms with E-state index < -0.39 is 0 Å². The van der Waals surface area contributed by atoms with E-state index in [2.05, 4.69) is 27.5 Å². The summed E-state index contributed by atoms with van der Waals surface area (Å²) in [5.74, 6) is 1.69. The first-order valence-corrected chi connectivity index (χ1v) is 10.6. The normalized spacial score (nSPS) is 20.0. The Morgan fingerprint density at radius 3 is 2.70 bits per heavy atom. The van der Waals surface area contributed by atoms with Crippen LogP contribution in [0.5, 0.6) is 0 Å². The number of anilines is 1. The highest BCUT2D eigenvalue weighted by Gasteiger charge is 2.27. The number of fused-ring (bicyclic) bond motifs is 1. The minimum absolute atomic E-state index is 0.0927. The van der Waals surface area contributed by atoms with Gasteiger partial charge in [-0.3, -0.25) is 4.79 Å². The van der Waals surface area contributed by atoms with Crippen molar-refractivity contribution in [3.63, 3.8) is 0 Å². The van der Waals surface area contributed by atoms with Gasteiger partial charge in [0.2, 0.25) is 16.0 Å². The average molecular weight is 384 g/mol. The summed E-state index contributed by atoms with van der Waals surface area (Å²) in [6.45, 7) is 2.24. The molecule has 4 rings (SSSR count). The van der Waals surface area contributed by atoms with Gasteiger partial charge >= 0.3 is 0 Å². The molecule has 3 aromatic rings. The highest BCUT2D eigenvalue weighted by Crippen LogP contribution is 2.33. The lowest BCUT2D eigenvalue weighted by Crippen LogP contribution is -2.27. The fourth-order valence-electron chi connectivity index (χ4n) is 3.85. The summed E-state index contributed by atoms with van der Waals surface area (Å²) in [4.78, 5) is 13.3. The molecule has 0 radical (unpaired) electrons. The highest BCUT2D eigenvalue weighted by atomic mass is 32.1. The van der Waals surface area contributed by atoms with E-state index in [4.69, 9.17) is 0 Å². The summed E-state index contributed by atoms with van der Waals surface area (Å²) < 4.78 is 1.71. The minimum atomic E-state index is 0.0927. The standard InChI is InChI=1S/C20H25N5OS/c1-2-3-7-14-10-12-16(13-11-14)18(26)21-19-24-25-17(22-23-20(25)27-19)15-8-5-4-6-9-15/h4-6,8-9,14,16H,2-3,7,10-13H2,1H3,(H,21,24,26). The van der Waals surface area contributed by atoms with Crippen LogP contribution >= 0.6 is 11.3 Å². The van der Waals surface area contributed by atoms with E-state index in [0.717, 1.165) is 24.3 Å². The molecule has 0 bridgehead atoms. The molecule has 7 heteroatoms. The lowest BCUT2D eigenvalue weighted by Gasteiger charge is -2.27. The molecule has 27 heavy (non-hydrogen) atoms. The third-order valence-electron chi connectivity index (χ3n) is 5.44. The minimum Gasteiger partial charge on any atom is -0.300 e. The Balaban J connectivity index is 1.41. The van der Waals surface area contributed by atoms with Crippen LogP contribution in [0.4, 0.5) is 5.13 Å². The number of hydrogen-bond acceptors (Lipinski definition) is 5. The maximum Gasteiger partial charge on any atom is 0.236 e. The van der Waals surface area contributed by atoms with Gasteiger partial charge in [0.1, 0.15) is 0 Å². The van der Waals surface area contributed by atoms with E-state index in [1.54, 1.807) is 4.52 Å². The van der Waals surface area contributed by atoms with Crippen LogP contribution in [0.15, 0.2) is 30.3 Å². The number of rotatable bonds is 6. The van der Waals surface area contributed by atoms with Crippen molar-refractivity contribution in [2.24, 2.45) is 11.8 Å². The summed E-state index contributed by atoms with van der Waals surface area (Å²) in [6.07, 6.45) is 8.18. The van der Waals surface area contributed by atoms with E-state index in [0.29, 0.717) is 15.9 Å². The van der Waals surface area contributed by atoms with Gasteiger partial charge in [-0.1, -0.05) is 67.9 Å². The predicted octanol–water partition coefficient (Wildman–Crippen LogP) is 4.79. The summed E-state index contributed by atoms with van der Waals surface area (Å²) in [5, 5.41) is 16.5. The van der Waals surface area contributed by atoms with Crippen molar-refractivity contribution >= 4 is 27.3 Å². The molecule has 0 aliphatic heterocycles. The van der Waals surface area contributed by atoms with Crippen molar-refractivity contribution in [2.45, 2.75) is 51.9 Å². The van der Waals surface area contributed by atoms with Crippen LogP contribution < -0.4 is 5.32 Å². The second-order valence-electron chi connectivity index (χ2n) is 7.34. The largest absolute Gasteiger partial charge is 0.300 e. The SMILES string of the molecule is CCCCC1CCC(C(=O)Nc2nn3c(-c4ccccc4)nnc3s2)CC1. The van der Waals surface area contributed by atoms with Crippen molar-refractivity contribution in [1.82, 2.24) is 19.8 Å². The predicted molar refractivity (Wildman–Crippen MR) is 108 cm³/mol. The van der Waals surface area contributed by atoms with Crippen LogP contribution in [0.3, 0.4) is 0 Å². The molecule has 6 nitrogen and oxygen atoms in total. The van der Waals surface area contributed by atoms with E-state index >= 15 is 0 Å². The van der Waals surface area contributed by atoms with Gasteiger partial charge in [-0.25, -0.2) is 0 Å². The van der Waals surface area contributed by atoms with Gasteiger partial charge in [-0.05, 0) is 31.6 Å². The molecule has 1 fully saturated rings. The fourth-order valence-corrected chi connectivity index (χ4v) is 4.59. The van der Waals surface area contributed by atoms with Crippen LogP contribution in [0.25, 0.3) is 16.3 Å². The maximum atomic E-state index is 12.7. The lowest BCUT2D eigenvalue weighted by molar-refractivity contribution is -0.121. The summed E-state index contributed by atoms with van der Waals surface area (Å²) in [6, 6.07) is 9.84. The second kappa shape index (κ2) is 8.17.